The molecule has 1 aliphatic rings. The summed E-state index contributed by atoms with van der Waals surface area (Å²) in [5, 5.41) is 6.60. The number of para-hydroxylation sites is 1. The number of halogens is 2. The van der Waals surface area contributed by atoms with Gasteiger partial charge in [-0.25, -0.2) is 0 Å². The van der Waals surface area contributed by atoms with Crippen molar-refractivity contribution in [3.8, 4) is 0 Å². The summed E-state index contributed by atoms with van der Waals surface area (Å²) in [5.74, 6) is -0.682. The van der Waals surface area contributed by atoms with Gasteiger partial charge < -0.3 is 10.6 Å². The lowest BCUT2D eigenvalue weighted by Crippen LogP contribution is -2.21. The van der Waals surface area contributed by atoms with Gasteiger partial charge in [-0.2, -0.15) is 0 Å². The molecule has 0 bridgehead atoms. The highest BCUT2D eigenvalue weighted by Gasteiger charge is 2.48. The van der Waals surface area contributed by atoms with Gasteiger partial charge in [0.15, 0.2) is 0 Å². The van der Waals surface area contributed by atoms with Gasteiger partial charge in [-0.3, -0.25) is 9.59 Å². The Balaban J connectivity index is 1.61. The van der Waals surface area contributed by atoms with Crippen LogP contribution >= 0.6 is 23.2 Å². The maximum atomic E-state index is 12.5. The highest BCUT2D eigenvalue weighted by Crippen LogP contribution is 2.41. The van der Waals surface area contributed by atoms with Gasteiger partial charge in [0.1, 0.15) is 0 Å². The number of carbonyl (C=O) groups excluding carboxylic acids is 2. The van der Waals surface area contributed by atoms with E-state index in [1.54, 1.807) is 18.2 Å². The first-order valence-electron chi connectivity index (χ1n) is 8.52. The minimum absolute atomic E-state index is 0.125. The summed E-state index contributed by atoms with van der Waals surface area (Å²) in [7, 11) is 0. The van der Waals surface area contributed by atoms with Gasteiger partial charge >= 0.3 is 0 Å². The molecular formula is C20H20Cl2N2O2. The third-order valence-electron chi connectivity index (χ3n) is 4.49. The second-order valence-electron chi connectivity index (χ2n) is 6.79. The molecule has 6 heteroatoms. The van der Waals surface area contributed by atoms with E-state index < -0.39 is 0 Å². The Morgan fingerprint density at radius 1 is 0.962 bits per heavy atom. The standard InChI is InChI=1S/C20H20Cl2N2O2/c1-11(2)13-5-3-4-6-17(13)23-19(25)14-10-15(14)20(26)24-18-8-7-12(21)9-16(18)22/h3-9,11,14-15H,10H2,1-2H3,(H,23,25)(H,24,26). The van der Waals surface area contributed by atoms with Crippen LogP contribution in [0.4, 0.5) is 11.4 Å². The molecule has 1 aliphatic carbocycles. The van der Waals surface area contributed by atoms with E-state index in [2.05, 4.69) is 24.5 Å². The van der Waals surface area contributed by atoms with Gasteiger partial charge in [0.2, 0.25) is 11.8 Å². The summed E-state index contributed by atoms with van der Waals surface area (Å²) >= 11 is 11.9. The molecule has 0 heterocycles. The van der Waals surface area contributed by atoms with Crippen molar-refractivity contribution in [3.63, 3.8) is 0 Å². The van der Waals surface area contributed by atoms with E-state index in [4.69, 9.17) is 23.2 Å². The summed E-state index contributed by atoms with van der Waals surface area (Å²) in [6.07, 6.45) is 0.534. The SMILES string of the molecule is CC(C)c1ccccc1NC(=O)C1CC1C(=O)Nc1ccc(Cl)cc1Cl. The van der Waals surface area contributed by atoms with Crippen LogP contribution in [0.1, 0.15) is 31.7 Å². The number of carbonyl (C=O) groups is 2. The first-order valence-corrected chi connectivity index (χ1v) is 9.28. The lowest BCUT2D eigenvalue weighted by atomic mass is 10.0. The third-order valence-corrected chi connectivity index (χ3v) is 5.04. The second-order valence-corrected chi connectivity index (χ2v) is 7.64. The van der Waals surface area contributed by atoms with Crippen molar-refractivity contribution in [1.82, 2.24) is 0 Å². The van der Waals surface area contributed by atoms with Gasteiger partial charge in [-0.15, -0.1) is 0 Å². The van der Waals surface area contributed by atoms with E-state index in [1.165, 1.54) is 0 Å². The van der Waals surface area contributed by atoms with E-state index in [0.29, 0.717) is 28.1 Å². The Bertz CT molecular complexity index is 851. The molecule has 2 amide bonds. The highest BCUT2D eigenvalue weighted by atomic mass is 35.5. The molecule has 2 aromatic rings. The van der Waals surface area contributed by atoms with Crippen molar-refractivity contribution in [3.05, 3.63) is 58.1 Å². The Morgan fingerprint density at radius 2 is 1.58 bits per heavy atom. The van der Waals surface area contributed by atoms with Crippen molar-refractivity contribution in [2.75, 3.05) is 10.6 Å². The Hall–Kier alpha value is -2.04. The minimum Gasteiger partial charge on any atom is -0.326 e. The minimum atomic E-state index is -0.340. The zero-order valence-electron chi connectivity index (χ0n) is 14.6. The molecule has 2 aromatic carbocycles. The van der Waals surface area contributed by atoms with E-state index in [9.17, 15) is 9.59 Å². The van der Waals surface area contributed by atoms with Crippen LogP contribution in [0.15, 0.2) is 42.5 Å². The zero-order valence-corrected chi connectivity index (χ0v) is 16.1. The van der Waals surface area contributed by atoms with Gasteiger partial charge in [-0.05, 0) is 42.2 Å². The zero-order chi connectivity index (χ0) is 18.8. The Kier molecular flexibility index (Phi) is 5.54. The normalized spacial score (nSPS) is 18.5. The molecule has 0 aliphatic heterocycles. The average molecular weight is 391 g/mol. The molecule has 2 atom stereocenters. The number of benzene rings is 2. The van der Waals surface area contributed by atoms with Crippen molar-refractivity contribution in [2.24, 2.45) is 11.8 Å². The van der Waals surface area contributed by atoms with E-state index >= 15 is 0 Å². The number of hydrogen-bond donors (Lipinski definition) is 2. The Morgan fingerprint density at radius 3 is 2.19 bits per heavy atom. The number of amides is 2. The highest BCUT2D eigenvalue weighted by molar-refractivity contribution is 6.36. The maximum absolute atomic E-state index is 12.5. The quantitative estimate of drug-likeness (QED) is 0.724. The lowest BCUT2D eigenvalue weighted by Gasteiger charge is -2.13. The topological polar surface area (TPSA) is 58.2 Å². The summed E-state index contributed by atoms with van der Waals surface area (Å²) in [5.41, 5.74) is 2.38. The van der Waals surface area contributed by atoms with Crippen LogP contribution in [0, 0.1) is 11.8 Å². The smallest absolute Gasteiger partial charge is 0.228 e. The number of hydrogen-bond acceptors (Lipinski definition) is 2. The van der Waals surface area contributed by atoms with E-state index in [0.717, 1.165) is 11.3 Å². The van der Waals surface area contributed by atoms with Gasteiger partial charge in [0.25, 0.3) is 0 Å². The van der Waals surface area contributed by atoms with E-state index in [1.807, 2.05) is 24.3 Å². The molecule has 1 saturated carbocycles. The van der Waals surface area contributed by atoms with Gasteiger partial charge in [0.05, 0.1) is 22.5 Å². The Labute approximate surface area is 162 Å². The predicted octanol–water partition coefficient (Wildman–Crippen LogP) is 5.33. The molecular weight excluding hydrogens is 371 g/mol. The molecule has 136 valence electrons. The molecule has 2 N–H and O–H groups in total. The van der Waals surface area contributed by atoms with Crippen LogP contribution < -0.4 is 10.6 Å². The van der Waals surface area contributed by atoms with Crippen molar-refractivity contribution >= 4 is 46.4 Å². The third kappa shape index (κ3) is 4.19. The largest absolute Gasteiger partial charge is 0.326 e. The van der Waals surface area contributed by atoms with Gasteiger partial charge in [-0.1, -0.05) is 55.2 Å². The fourth-order valence-corrected chi connectivity index (χ4v) is 3.39. The second kappa shape index (κ2) is 7.68. The number of nitrogens with one attached hydrogen (secondary N) is 2. The monoisotopic (exact) mass is 390 g/mol. The summed E-state index contributed by atoms with van der Waals surface area (Å²) in [4.78, 5) is 24.9. The maximum Gasteiger partial charge on any atom is 0.228 e. The fourth-order valence-electron chi connectivity index (χ4n) is 2.93. The number of rotatable bonds is 5. The molecule has 2 unspecified atom stereocenters. The van der Waals surface area contributed by atoms with Crippen molar-refractivity contribution < 1.29 is 9.59 Å². The van der Waals surface area contributed by atoms with Crippen LogP contribution in [0.2, 0.25) is 10.0 Å². The predicted molar refractivity (Wildman–Crippen MR) is 106 cm³/mol. The number of anilines is 2. The molecule has 26 heavy (non-hydrogen) atoms. The first-order chi connectivity index (χ1) is 12.4. The first kappa shape index (κ1) is 18.7. The van der Waals surface area contributed by atoms with Crippen LogP contribution in [0.5, 0.6) is 0 Å². The van der Waals surface area contributed by atoms with Crippen LogP contribution in [-0.2, 0) is 9.59 Å². The van der Waals surface area contributed by atoms with Crippen LogP contribution in [0.25, 0.3) is 0 Å². The molecule has 0 spiro atoms. The molecule has 0 radical (unpaired) electrons. The van der Waals surface area contributed by atoms with E-state index in [-0.39, 0.29) is 23.7 Å². The summed E-state index contributed by atoms with van der Waals surface area (Å²) in [6.45, 7) is 4.16. The summed E-state index contributed by atoms with van der Waals surface area (Å²) in [6, 6.07) is 12.6. The molecule has 0 aromatic heterocycles. The lowest BCUT2D eigenvalue weighted by molar-refractivity contribution is -0.122. The van der Waals surface area contributed by atoms with Crippen molar-refractivity contribution in [1.29, 1.82) is 0 Å². The molecule has 3 rings (SSSR count). The average Bonchev–Trinajstić information content (AvgIpc) is 3.38. The molecule has 1 fully saturated rings. The van der Waals surface area contributed by atoms with Crippen LogP contribution in [0.3, 0.4) is 0 Å². The molecule has 0 saturated heterocycles. The van der Waals surface area contributed by atoms with Crippen molar-refractivity contribution in [2.45, 2.75) is 26.2 Å². The molecule has 4 nitrogen and oxygen atoms in total. The summed E-state index contributed by atoms with van der Waals surface area (Å²) < 4.78 is 0. The fraction of sp³-hybridized carbons (Fsp3) is 0.300. The van der Waals surface area contributed by atoms with Gasteiger partial charge in [0, 0.05) is 10.7 Å². The van der Waals surface area contributed by atoms with Crippen LogP contribution in [-0.4, -0.2) is 11.8 Å².